The van der Waals surface area contributed by atoms with Crippen LogP contribution in [0, 0.1) is 23.3 Å². The highest BCUT2D eigenvalue weighted by Crippen LogP contribution is 2.49. The topological polar surface area (TPSA) is 38.7 Å². The maximum atomic E-state index is 15.2. The van der Waals surface area contributed by atoms with Crippen molar-refractivity contribution in [1.29, 1.82) is 0 Å². The van der Waals surface area contributed by atoms with Gasteiger partial charge in [-0.1, -0.05) is 69.9 Å². The Morgan fingerprint density at radius 2 is 1.00 bits per heavy atom. The molecule has 3 aliphatic carbocycles. The molecule has 0 aliphatic heterocycles. The molecule has 0 unspecified atom stereocenters. The van der Waals surface area contributed by atoms with E-state index in [-0.39, 0.29) is 23.9 Å². The number of hydrogen-bond donors (Lipinski definition) is 1. The van der Waals surface area contributed by atoms with E-state index in [0.29, 0.717) is 11.7 Å². The fourth-order valence-corrected chi connectivity index (χ4v) is 7.22. The van der Waals surface area contributed by atoms with Gasteiger partial charge in [0, 0.05) is 0 Å². The molecule has 0 aromatic heterocycles. The molecule has 0 radical (unpaired) electrons. The first-order valence-electron chi connectivity index (χ1n) is 14.2. The Morgan fingerprint density at radius 1 is 0.579 bits per heavy atom. The standard InChI is InChI=1S/C30H36F4O3S/c31-24-26(33)30(38-37-35)27(34)25(32)29(24)36-28-22(19-12-6-2-7-13-19)16-21(18-10-4-1-5-11-18)17-23(28)20-14-8-3-9-15-20/h16-20,35H,1-15H2. The summed E-state index contributed by atoms with van der Waals surface area (Å²) in [6.07, 6.45) is 16.2. The van der Waals surface area contributed by atoms with Crippen molar-refractivity contribution in [3.8, 4) is 11.5 Å². The summed E-state index contributed by atoms with van der Waals surface area (Å²) in [5.74, 6) is -6.51. The van der Waals surface area contributed by atoms with Crippen LogP contribution in [0.15, 0.2) is 17.0 Å². The number of rotatable bonds is 7. The molecule has 5 rings (SSSR count). The first kappa shape index (κ1) is 27.8. The smallest absolute Gasteiger partial charge is 0.205 e. The minimum absolute atomic E-state index is 0.170. The second kappa shape index (κ2) is 12.6. The van der Waals surface area contributed by atoms with Crippen LogP contribution in [0.2, 0.25) is 0 Å². The quantitative estimate of drug-likeness (QED) is 0.122. The molecule has 0 heterocycles. The van der Waals surface area contributed by atoms with Crippen molar-refractivity contribution in [2.45, 2.75) is 119 Å². The van der Waals surface area contributed by atoms with Crippen molar-refractivity contribution in [2.24, 2.45) is 0 Å². The van der Waals surface area contributed by atoms with Crippen LogP contribution in [0.4, 0.5) is 17.6 Å². The Labute approximate surface area is 226 Å². The van der Waals surface area contributed by atoms with E-state index in [0.717, 1.165) is 88.2 Å². The zero-order valence-corrected chi connectivity index (χ0v) is 22.5. The SMILES string of the molecule is OOSc1c(F)c(F)c(Oc2c(C3CCCCC3)cc(C3CCCCC3)cc2C2CCCCC2)c(F)c1F. The summed E-state index contributed by atoms with van der Waals surface area (Å²) in [5.41, 5.74) is 3.11. The molecule has 0 saturated heterocycles. The van der Waals surface area contributed by atoms with Crippen LogP contribution < -0.4 is 4.74 Å². The summed E-state index contributed by atoms with van der Waals surface area (Å²) in [7, 11) is 0. The van der Waals surface area contributed by atoms with Gasteiger partial charge in [0.15, 0.2) is 11.6 Å². The van der Waals surface area contributed by atoms with Crippen molar-refractivity contribution < 1.29 is 31.9 Å². The number of benzene rings is 2. The van der Waals surface area contributed by atoms with Crippen LogP contribution in [0.1, 0.15) is 131 Å². The van der Waals surface area contributed by atoms with Gasteiger partial charge in [0.1, 0.15) is 10.6 Å². The van der Waals surface area contributed by atoms with Gasteiger partial charge >= 0.3 is 0 Å². The maximum Gasteiger partial charge on any atom is 0.205 e. The minimum atomic E-state index is -1.66. The third-order valence-electron chi connectivity index (χ3n) is 8.84. The zero-order chi connectivity index (χ0) is 26.6. The molecular formula is C30H36F4O3S. The van der Waals surface area contributed by atoms with E-state index >= 15 is 8.78 Å². The monoisotopic (exact) mass is 552 g/mol. The molecule has 3 saturated carbocycles. The molecule has 2 aromatic carbocycles. The molecule has 0 amide bonds. The summed E-state index contributed by atoms with van der Waals surface area (Å²) in [4.78, 5) is -1.09. The molecule has 1 N–H and O–H groups in total. The fraction of sp³-hybridized carbons (Fsp3) is 0.600. The molecule has 38 heavy (non-hydrogen) atoms. The van der Waals surface area contributed by atoms with Crippen LogP contribution in [0.25, 0.3) is 0 Å². The molecule has 0 atom stereocenters. The summed E-state index contributed by atoms with van der Waals surface area (Å²) >= 11 is -0.189. The predicted octanol–water partition coefficient (Wildman–Crippen LogP) is 10.7. The summed E-state index contributed by atoms with van der Waals surface area (Å²) in [5, 5.41) is 8.60. The largest absolute Gasteiger partial charge is 0.450 e. The average Bonchev–Trinajstić information content (AvgIpc) is 2.97. The van der Waals surface area contributed by atoms with Crippen molar-refractivity contribution in [2.75, 3.05) is 0 Å². The molecule has 3 nitrogen and oxygen atoms in total. The van der Waals surface area contributed by atoms with E-state index in [9.17, 15) is 8.78 Å². The van der Waals surface area contributed by atoms with E-state index in [1.54, 1.807) is 0 Å². The first-order chi connectivity index (χ1) is 18.5. The third kappa shape index (κ3) is 5.73. The molecule has 8 heteroatoms. The fourth-order valence-electron chi connectivity index (χ4n) is 6.82. The Kier molecular flexibility index (Phi) is 9.21. The second-order valence-corrected chi connectivity index (χ2v) is 11.9. The number of halogens is 4. The maximum absolute atomic E-state index is 15.2. The first-order valence-corrected chi connectivity index (χ1v) is 14.9. The van der Waals surface area contributed by atoms with Crippen molar-refractivity contribution in [3.05, 3.63) is 52.1 Å². The highest BCUT2D eigenvalue weighted by atomic mass is 32.2. The molecule has 3 aliphatic rings. The van der Waals surface area contributed by atoms with Crippen molar-refractivity contribution >= 4 is 12.0 Å². The van der Waals surface area contributed by atoms with Gasteiger partial charge in [-0.25, -0.2) is 14.0 Å². The van der Waals surface area contributed by atoms with Gasteiger partial charge in [0.2, 0.25) is 17.4 Å². The van der Waals surface area contributed by atoms with E-state index in [1.807, 2.05) is 0 Å². The van der Waals surface area contributed by atoms with Crippen molar-refractivity contribution in [1.82, 2.24) is 0 Å². The lowest BCUT2D eigenvalue weighted by Crippen LogP contribution is -2.15. The van der Waals surface area contributed by atoms with Gasteiger partial charge in [0.05, 0.1) is 12.0 Å². The minimum Gasteiger partial charge on any atom is -0.450 e. The van der Waals surface area contributed by atoms with E-state index < -0.39 is 33.9 Å². The van der Waals surface area contributed by atoms with Gasteiger partial charge in [-0.15, -0.1) is 0 Å². The Hall–Kier alpha value is -1.77. The predicted molar refractivity (Wildman–Crippen MR) is 140 cm³/mol. The summed E-state index contributed by atoms with van der Waals surface area (Å²) in [6.45, 7) is 0. The Bertz CT molecular complexity index is 1050. The molecular weight excluding hydrogens is 516 g/mol. The Morgan fingerprint density at radius 3 is 1.42 bits per heavy atom. The highest BCUT2D eigenvalue weighted by Gasteiger charge is 2.33. The lowest BCUT2D eigenvalue weighted by Gasteiger charge is -2.32. The van der Waals surface area contributed by atoms with Crippen LogP contribution in [0.5, 0.6) is 11.5 Å². The molecule has 0 spiro atoms. The van der Waals surface area contributed by atoms with Crippen LogP contribution in [0.3, 0.4) is 0 Å². The van der Waals surface area contributed by atoms with Gasteiger partial charge in [-0.05, 0) is 73.0 Å². The molecule has 2 aromatic rings. The lowest BCUT2D eigenvalue weighted by molar-refractivity contribution is -0.116. The lowest BCUT2D eigenvalue weighted by atomic mass is 9.75. The van der Waals surface area contributed by atoms with Gasteiger partial charge in [-0.2, -0.15) is 13.1 Å². The van der Waals surface area contributed by atoms with Crippen molar-refractivity contribution in [3.63, 3.8) is 0 Å². The van der Waals surface area contributed by atoms with E-state index in [2.05, 4.69) is 16.5 Å². The van der Waals surface area contributed by atoms with Gasteiger partial charge in [0.25, 0.3) is 0 Å². The average molecular weight is 553 g/mol. The summed E-state index contributed by atoms with van der Waals surface area (Å²) < 4.78 is 69.5. The zero-order valence-electron chi connectivity index (χ0n) is 21.7. The van der Waals surface area contributed by atoms with Crippen LogP contribution in [-0.2, 0) is 4.33 Å². The van der Waals surface area contributed by atoms with Crippen LogP contribution >= 0.6 is 12.0 Å². The molecule has 208 valence electrons. The Balaban J connectivity index is 1.66. The second-order valence-electron chi connectivity index (χ2n) is 11.2. The number of hydrogen-bond acceptors (Lipinski definition) is 4. The number of ether oxygens (including phenoxy) is 1. The highest BCUT2D eigenvalue weighted by molar-refractivity contribution is 7.94. The molecule has 0 bridgehead atoms. The third-order valence-corrected chi connectivity index (χ3v) is 9.44. The normalized spacial score (nSPS) is 20.1. The van der Waals surface area contributed by atoms with Gasteiger partial charge in [-0.3, -0.25) is 0 Å². The van der Waals surface area contributed by atoms with E-state index in [4.69, 9.17) is 9.99 Å². The van der Waals surface area contributed by atoms with Crippen LogP contribution in [-0.4, -0.2) is 5.26 Å². The van der Waals surface area contributed by atoms with E-state index in [1.165, 1.54) is 24.8 Å². The molecule has 3 fully saturated rings. The van der Waals surface area contributed by atoms with Gasteiger partial charge < -0.3 is 4.74 Å². The summed E-state index contributed by atoms with van der Waals surface area (Å²) in [6, 6.07) is 4.33.